The van der Waals surface area contributed by atoms with Crippen molar-refractivity contribution in [3.8, 4) is 0 Å². The number of anilines is 1. The summed E-state index contributed by atoms with van der Waals surface area (Å²) < 4.78 is 1.50. The largest absolute Gasteiger partial charge is 0.335 e. The topological polar surface area (TPSA) is 93.0 Å². The van der Waals surface area contributed by atoms with Crippen molar-refractivity contribution in [3.05, 3.63) is 29.8 Å². The van der Waals surface area contributed by atoms with Crippen LogP contribution in [0.15, 0.2) is 29.4 Å². The molecule has 1 aromatic heterocycles. The van der Waals surface area contributed by atoms with Crippen molar-refractivity contribution in [1.82, 2.24) is 25.1 Å². The van der Waals surface area contributed by atoms with Gasteiger partial charge in [-0.25, -0.2) is 4.68 Å². The molecular formula is C15H20N6O2S. The number of hydrogen-bond acceptors (Lipinski definition) is 6. The summed E-state index contributed by atoms with van der Waals surface area (Å²) in [5.74, 6) is -0.408. The van der Waals surface area contributed by atoms with Crippen LogP contribution in [0.1, 0.15) is 12.5 Å². The zero-order chi connectivity index (χ0) is 17.7. The van der Waals surface area contributed by atoms with Crippen molar-refractivity contribution < 1.29 is 9.59 Å². The van der Waals surface area contributed by atoms with Crippen LogP contribution in [0.4, 0.5) is 5.69 Å². The molecule has 0 spiro atoms. The molecule has 1 heterocycles. The smallest absolute Gasteiger partial charge is 0.243 e. The molecule has 0 aliphatic rings. The molecule has 2 amide bonds. The first-order valence-electron chi connectivity index (χ1n) is 7.37. The first kappa shape index (κ1) is 17.9. The van der Waals surface area contributed by atoms with Crippen LogP contribution in [0.2, 0.25) is 0 Å². The third-order valence-corrected chi connectivity index (χ3v) is 4.42. The zero-order valence-electron chi connectivity index (χ0n) is 14.1. The van der Waals surface area contributed by atoms with Crippen LogP contribution in [0.25, 0.3) is 0 Å². The lowest BCUT2D eigenvalue weighted by atomic mass is 10.2. The van der Waals surface area contributed by atoms with Gasteiger partial charge in [-0.3, -0.25) is 9.59 Å². The number of hydrogen-bond donors (Lipinski definition) is 1. The van der Waals surface area contributed by atoms with Crippen LogP contribution in [0, 0.1) is 6.92 Å². The van der Waals surface area contributed by atoms with Gasteiger partial charge in [-0.05, 0) is 36.4 Å². The summed E-state index contributed by atoms with van der Waals surface area (Å²) in [5, 5.41) is 14.0. The molecule has 128 valence electrons. The number of nitrogens with one attached hydrogen (secondary N) is 1. The first-order chi connectivity index (χ1) is 11.4. The molecule has 0 fully saturated rings. The third-order valence-electron chi connectivity index (χ3n) is 3.30. The zero-order valence-corrected chi connectivity index (χ0v) is 14.9. The van der Waals surface area contributed by atoms with Crippen molar-refractivity contribution in [1.29, 1.82) is 0 Å². The van der Waals surface area contributed by atoms with Gasteiger partial charge < -0.3 is 10.2 Å². The fraction of sp³-hybridized carbons (Fsp3) is 0.400. The molecule has 1 N–H and O–H groups in total. The number of carbonyl (C=O) groups excluding carboxylic acids is 2. The van der Waals surface area contributed by atoms with E-state index in [1.807, 2.05) is 31.2 Å². The van der Waals surface area contributed by atoms with E-state index in [0.29, 0.717) is 10.8 Å². The average Bonchev–Trinajstić information content (AvgIpc) is 2.93. The number of tetrazole rings is 1. The molecule has 1 aromatic carbocycles. The van der Waals surface area contributed by atoms with Gasteiger partial charge in [-0.1, -0.05) is 29.5 Å². The van der Waals surface area contributed by atoms with E-state index in [1.165, 1.54) is 21.3 Å². The monoisotopic (exact) mass is 348 g/mol. The van der Waals surface area contributed by atoms with E-state index in [1.54, 1.807) is 21.0 Å². The van der Waals surface area contributed by atoms with E-state index in [2.05, 4.69) is 20.8 Å². The standard InChI is InChI=1S/C15H20N6O2S/c1-10-5-7-12(8-6-10)16-13(22)9-20(3)14(23)11(2)24-15-17-18-19-21(15)4/h5-8,11H,9H2,1-4H3,(H,16,22)/t11-/m1/s1. The van der Waals surface area contributed by atoms with Gasteiger partial charge in [0.05, 0.1) is 11.8 Å². The normalized spacial score (nSPS) is 11.8. The Morgan fingerprint density at radius 1 is 1.33 bits per heavy atom. The predicted molar refractivity (Wildman–Crippen MR) is 91.6 cm³/mol. The maximum Gasteiger partial charge on any atom is 0.243 e. The highest BCUT2D eigenvalue weighted by Crippen LogP contribution is 2.20. The SMILES string of the molecule is Cc1ccc(NC(=O)CN(C)C(=O)[C@@H](C)Sc2nnnn2C)cc1. The van der Waals surface area contributed by atoms with Crippen LogP contribution in [0.5, 0.6) is 0 Å². The summed E-state index contributed by atoms with van der Waals surface area (Å²) in [4.78, 5) is 25.8. The number of aryl methyl sites for hydroxylation is 2. The quantitative estimate of drug-likeness (QED) is 0.786. The predicted octanol–water partition coefficient (Wildman–Crippen LogP) is 1.10. The highest BCUT2D eigenvalue weighted by molar-refractivity contribution is 8.00. The van der Waals surface area contributed by atoms with Gasteiger partial charge in [0.1, 0.15) is 0 Å². The van der Waals surface area contributed by atoms with Crippen molar-refractivity contribution in [2.75, 3.05) is 18.9 Å². The van der Waals surface area contributed by atoms with Gasteiger partial charge in [0, 0.05) is 19.8 Å². The molecule has 0 aliphatic carbocycles. The van der Waals surface area contributed by atoms with Crippen molar-refractivity contribution in [2.24, 2.45) is 7.05 Å². The Balaban J connectivity index is 1.87. The van der Waals surface area contributed by atoms with Crippen molar-refractivity contribution >= 4 is 29.3 Å². The summed E-state index contributed by atoms with van der Waals surface area (Å²) in [7, 11) is 3.31. The van der Waals surface area contributed by atoms with Crippen LogP contribution < -0.4 is 5.32 Å². The maximum absolute atomic E-state index is 12.4. The van der Waals surface area contributed by atoms with Crippen molar-refractivity contribution in [3.63, 3.8) is 0 Å². The van der Waals surface area contributed by atoms with Crippen LogP contribution in [0.3, 0.4) is 0 Å². The highest BCUT2D eigenvalue weighted by Gasteiger charge is 2.22. The molecule has 0 aliphatic heterocycles. The summed E-state index contributed by atoms with van der Waals surface area (Å²) in [6, 6.07) is 7.49. The molecule has 2 rings (SSSR count). The van der Waals surface area contributed by atoms with Gasteiger partial charge in [0.2, 0.25) is 17.0 Å². The second kappa shape index (κ2) is 7.91. The first-order valence-corrected chi connectivity index (χ1v) is 8.25. The molecule has 0 bridgehead atoms. The van der Waals surface area contributed by atoms with Gasteiger partial charge in [0.15, 0.2) is 0 Å². The number of aromatic nitrogens is 4. The minimum absolute atomic E-state index is 0.0192. The Hall–Kier alpha value is -2.42. The minimum atomic E-state index is -0.396. The molecule has 8 nitrogen and oxygen atoms in total. The number of amides is 2. The van der Waals surface area contributed by atoms with Gasteiger partial charge in [-0.2, -0.15) is 0 Å². The molecule has 0 saturated carbocycles. The fourth-order valence-electron chi connectivity index (χ4n) is 1.97. The van der Waals surface area contributed by atoms with Crippen LogP contribution in [-0.4, -0.2) is 55.8 Å². The van der Waals surface area contributed by atoms with Gasteiger partial charge in [0.25, 0.3) is 0 Å². The molecule has 24 heavy (non-hydrogen) atoms. The summed E-state index contributed by atoms with van der Waals surface area (Å²) >= 11 is 1.25. The third kappa shape index (κ3) is 4.79. The van der Waals surface area contributed by atoms with E-state index in [0.717, 1.165) is 5.56 Å². The lowest BCUT2D eigenvalue weighted by molar-refractivity contribution is -0.132. The second-order valence-electron chi connectivity index (χ2n) is 5.45. The van der Waals surface area contributed by atoms with Crippen LogP contribution >= 0.6 is 11.8 Å². The molecular weight excluding hydrogens is 328 g/mol. The van der Waals surface area contributed by atoms with Gasteiger partial charge in [-0.15, -0.1) is 5.10 Å². The lowest BCUT2D eigenvalue weighted by Gasteiger charge is -2.20. The number of likely N-dealkylation sites (N-methyl/N-ethyl adjacent to an activating group) is 1. The maximum atomic E-state index is 12.4. The Morgan fingerprint density at radius 3 is 2.58 bits per heavy atom. The van der Waals surface area contributed by atoms with E-state index in [4.69, 9.17) is 0 Å². The van der Waals surface area contributed by atoms with E-state index in [-0.39, 0.29) is 18.4 Å². The molecule has 2 aromatic rings. The fourth-order valence-corrected chi connectivity index (χ4v) is 2.84. The number of nitrogens with zero attached hydrogens (tertiary/aromatic N) is 5. The number of carbonyl (C=O) groups is 2. The lowest BCUT2D eigenvalue weighted by Crippen LogP contribution is -2.39. The Bertz CT molecular complexity index is 715. The molecule has 0 saturated heterocycles. The average molecular weight is 348 g/mol. The van der Waals surface area contributed by atoms with E-state index in [9.17, 15) is 9.59 Å². The Morgan fingerprint density at radius 2 is 2.00 bits per heavy atom. The molecule has 0 unspecified atom stereocenters. The molecule has 0 radical (unpaired) electrons. The van der Waals surface area contributed by atoms with Crippen LogP contribution in [-0.2, 0) is 16.6 Å². The highest BCUT2D eigenvalue weighted by atomic mass is 32.2. The Kier molecular flexibility index (Phi) is 5.91. The summed E-state index contributed by atoms with van der Waals surface area (Å²) in [6.07, 6.45) is 0. The Labute approximate surface area is 144 Å². The number of thioether (sulfide) groups is 1. The molecule has 1 atom stereocenters. The number of rotatable bonds is 6. The van der Waals surface area contributed by atoms with Gasteiger partial charge >= 0.3 is 0 Å². The van der Waals surface area contributed by atoms with E-state index >= 15 is 0 Å². The van der Waals surface area contributed by atoms with Crippen molar-refractivity contribution in [2.45, 2.75) is 24.3 Å². The molecule has 9 heteroatoms. The van der Waals surface area contributed by atoms with E-state index < -0.39 is 5.25 Å². The second-order valence-corrected chi connectivity index (χ2v) is 6.76. The summed E-state index contributed by atoms with van der Waals surface area (Å²) in [5.41, 5.74) is 1.82. The number of benzene rings is 1. The summed E-state index contributed by atoms with van der Waals surface area (Å²) in [6.45, 7) is 3.72. The minimum Gasteiger partial charge on any atom is -0.335 e.